The summed E-state index contributed by atoms with van der Waals surface area (Å²) in [5.41, 5.74) is 1.09. The van der Waals surface area contributed by atoms with Crippen LogP contribution in [-0.2, 0) is 11.3 Å². The van der Waals surface area contributed by atoms with E-state index >= 15 is 0 Å². The van der Waals surface area contributed by atoms with Gasteiger partial charge in [-0.2, -0.15) is 0 Å². The van der Waals surface area contributed by atoms with Crippen molar-refractivity contribution < 1.29 is 9.72 Å². The van der Waals surface area contributed by atoms with E-state index in [9.17, 15) is 14.9 Å². The van der Waals surface area contributed by atoms with E-state index < -0.39 is 4.92 Å². The van der Waals surface area contributed by atoms with Crippen LogP contribution in [0.3, 0.4) is 0 Å². The molecule has 1 aromatic carbocycles. The van der Waals surface area contributed by atoms with E-state index in [-0.39, 0.29) is 11.6 Å². The Morgan fingerprint density at radius 1 is 1.53 bits per heavy atom. The van der Waals surface area contributed by atoms with Crippen LogP contribution < -0.4 is 0 Å². The lowest BCUT2D eigenvalue weighted by Crippen LogP contribution is -2.39. The van der Waals surface area contributed by atoms with Crippen LogP contribution in [-0.4, -0.2) is 28.7 Å². The quantitative estimate of drug-likeness (QED) is 0.633. The maximum atomic E-state index is 11.5. The number of nitrogens with zero attached hydrogens (tertiary/aromatic N) is 2. The van der Waals surface area contributed by atoms with Gasteiger partial charge in [0.1, 0.15) is 5.78 Å². The predicted molar refractivity (Wildman–Crippen MR) is 74.9 cm³/mol. The monoisotopic (exact) mass is 326 g/mol. The molecule has 1 aromatic rings. The van der Waals surface area contributed by atoms with Crippen LogP contribution >= 0.6 is 15.9 Å². The molecule has 0 spiro atoms. The molecule has 2 rings (SSSR count). The number of hydrogen-bond acceptors (Lipinski definition) is 4. The number of likely N-dealkylation sites (tertiary alicyclic amines) is 1. The number of rotatable bonds is 3. The molecule has 1 aliphatic heterocycles. The minimum Gasteiger partial charge on any atom is -0.299 e. The van der Waals surface area contributed by atoms with Crippen molar-refractivity contribution in [2.24, 2.45) is 5.92 Å². The van der Waals surface area contributed by atoms with E-state index in [1.54, 1.807) is 6.07 Å². The maximum absolute atomic E-state index is 11.5. The third-order valence-electron chi connectivity index (χ3n) is 3.40. The van der Waals surface area contributed by atoms with Gasteiger partial charge in [0.15, 0.2) is 0 Å². The number of carbonyl (C=O) groups is 1. The molecule has 5 nitrogen and oxygen atoms in total. The number of hydrogen-bond donors (Lipinski definition) is 0. The van der Waals surface area contributed by atoms with E-state index in [4.69, 9.17) is 0 Å². The highest BCUT2D eigenvalue weighted by Crippen LogP contribution is 2.25. The lowest BCUT2D eigenvalue weighted by atomic mass is 9.98. The Bertz CT molecular complexity index is 519. The first kappa shape index (κ1) is 14.1. The first-order chi connectivity index (χ1) is 8.97. The standard InChI is InChI=1S/C13H15BrN2O3/c1-9-7-15(5-4-13(9)17)8-10-2-3-11(16(18)19)6-12(10)14/h2-3,6,9H,4-5,7-8H2,1H3. The van der Waals surface area contributed by atoms with E-state index in [0.717, 1.165) is 23.1 Å². The fourth-order valence-electron chi connectivity index (χ4n) is 2.26. The molecular weight excluding hydrogens is 312 g/mol. The van der Waals surface area contributed by atoms with E-state index in [1.807, 2.05) is 6.92 Å². The van der Waals surface area contributed by atoms with Gasteiger partial charge in [0.2, 0.25) is 0 Å². The lowest BCUT2D eigenvalue weighted by molar-refractivity contribution is -0.384. The van der Waals surface area contributed by atoms with Crippen molar-refractivity contribution >= 4 is 27.4 Å². The average molecular weight is 327 g/mol. The molecule has 19 heavy (non-hydrogen) atoms. The summed E-state index contributed by atoms with van der Waals surface area (Å²) < 4.78 is 0.742. The van der Waals surface area contributed by atoms with Crippen LogP contribution in [0.5, 0.6) is 0 Å². The normalized spacial score (nSPS) is 20.5. The maximum Gasteiger partial charge on any atom is 0.270 e. The molecule has 1 fully saturated rings. The van der Waals surface area contributed by atoms with Gasteiger partial charge in [-0.05, 0) is 11.6 Å². The molecule has 1 saturated heterocycles. The number of piperidine rings is 1. The Morgan fingerprint density at radius 3 is 2.84 bits per heavy atom. The number of nitro benzene ring substituents is 1. The SMILES string of the molecule is CC1CN(Cc2ccc([N+](=O)[O-])cc2Br)CCC1=O. The van der Waals surface area contributed by atoms with Crippen LogP contribution in [0.2, 0.25) is 0 Å². The minimum absolute atomic E-state index is 0.0746. The Morgan fingerprint density at radius 2 is 2.26 bits per heavy atom. The van der Waals surface area contributed by atoms with Crippen LogP contribution in [0, 0.1) is 16.0 Å². The van der Waals surface area contributed by atoms with E-state index in [0.29, 0.717) is 18.7 Å². The Hall–Kier alpha value is -1.27. The van der Waals surface area contributed by atoms with Gasteiger partial charge in [0.25, 0.3) is 5.69 Å². The van der Waals surface area contributed by atoms with Crippen molar-refractivity contribution in [2.75, 3.05) is 13.1 Å². The molecular formula is C13H15BrN2O3. The fourth-order valence-corrected chi connectivity index (χ4v) is 2.75. The summed E-state index contributed by atoms with van der Waals surface area (Å²) in [7, 11) is 0. The minimum atomic E-state index is -0.407. The van der Waals surface area contributed by atoms with Crippen molar-refractivity contribution in [3.05, 3.63) is 38.3 Å². The smallest absolute Gasteiger partial charge is 0.270 e. The molecule has 102 valence electrons. The highest BCUT2D eigenvalue weighted by molar-refractivity contribution is 9.10. The van der Waals surface area contributed by atoms with Crippen molar-refractivity contribution in [1.29, 1.82) is 0 Å². The molecule has 0 bridgehead atoms. The van der Waals surface area contributed by atoms with E-state index in [1.165, 1.54) is 12.1 Å². The number of nitro groups is 1. The summed E-state index contributed by atoms with van der Waals surface area (Å²) in [4.78, 5) is 23.9. The summed E-state index contributed by atoms with van der Waals surface area (Å²) in [6, 6.07) is 4.80. The second-order valence-corrected chi connectivity index (χ2v) is 5.74. The third kappa shape index (κ3) is 3.39. The number of halogens is 1. The molecule has 1 heterocycles. The van der Waals surface area contributed by atoms with Gasteiger partial charge < -0.3 is 0 Å². The number of benzene rings is 1. The summed E-state index contributed by atoms with van der Waals surface area (Å²) in [6.07, 6.45) is 0.589. The number of non-ortho nitro benzene ring substituents is 1. The first-order valence-electron chi connectivity index (χ1n) is 6.15. The van der Waals surface area contributed by atoms with Crippen molar-refractivity contribution in [1.82, 2.24) is 4.90 Å². The Labute approximate surface area is 119 Å². The highest BCUT2D eigenvalue weighted by atomic mass is 79.9. The van der Waals surface area contributed by atoms with Crippen LogP contribution in [0.4, 0.5) is 5.69 Å². The van der Waals surface area contributed by atoms with Crippen molar-refractivity contribution in [3.63, 3.8) is 0 Å². The highest BCUT2D eigenvalue weighted by Gasteiger charge is 2.23. The molecule has 1 unspecified atom stereocenters. The number of Topliss-reactive ketones (excluding diaryl/α,β-unsaturated/α-hetero) is 1. The van der Waals surface area contributed by atoms with E-state index in [2.05, 4.69) is 20.8 Å². The van der Waals surface area contributed by atoms with Gasteiger partial charge >= 0.3 is 0 Å². The largest absolute Gasteiger partial charge is 0.299 e. The second kappa shape index (κ2) is 5.79. The summed E-state index contributed by atoms with van der Waals surface area (Å²) in [5.74, 6) is 0.393. The number of carbonyl (C=O) groups excluding carboxylic acids is 1. The van der Waals surface area contributed by atoms with Gasteiger partial charge in [0, 0.05) is 48.6 Å². The molecule has 0 saturated carbocycles. The van der Waals surface area contributed by atoms with Gasteiger partial charge in [-0.3, -0.25) is 19.8 Å². The Balaban J connectivity index is 2.07. The fraction of sp³-hybridized carbons (Fsp3) is 0.462. The van der Waals surface area contributed by atoms with Crippen LogP contribution in [0.25, 0.3) is 0 Å². The molecule has 0 aliphatic carbocycles. The van der Waals surface area contributed by atoms with Crippen LogP contribution in [0.1, 0.15) is 18.9 Å². The van der Waals surface area contributed by atoms with Gasteiger partial charge in [0.05, 0.1) is 4.92 Å². The molecule has 0 radical (unpaired) electrons. The average Bonchev–Trinajstić information content (AvgIpc) is 2.36. The second-order valence-electron chi connectivity index (χ2n) is 4.89. The topological polar surface area (TPSA) is 63.4 Å². The Kier molecular flexibility index (Phi) is 4.31. The van der Waals surface area contributed by atoms with Crippen molar-refractivity contribution in [3.8, 4) is 0 Å². The van der Waals surface area contributed by atoms with Crippen molar-refractivity contribution in [2.45, 2.75) is 19.9 Å². The van der Waals surface area contributed by atoms with Gasteiger partial charge in [-0.25, -0.2) is 0 Å². The van der Waals surface area contributed by atoms with Gasteiger partial charge in [-0.1, -0.05) is 22.9 Å². The zero-order valence-electron chi connectivity index (χ0n) is 10.6. The molecule has 6 heteroatoms. The molecule has 0 aromatic heterocycles. The summed E-state index contributed by atoms with van der Waals surface area (Å²) in [6.45, 7) is 4.16. The zero-order chi connectivity index (χ0) is 14.0. The van der Waals surface area contributed by atoms with Crippen LogP contribution in [0.15, 0.2) is 22.7 Å². The lowest BCUT2D eigenvalue weighted by Gasteiger charge is -2.30. The summed E-state index contributed by atoms with van der Waals surface area (Å²) in [5, 5.41) is 10.7. The zero-order valence-corrected chi connectivity index (χ0v) is 12.2. The first-order valence-corrected chi connectivity index (χ1v) is 6.94. The van der Waals surface area contributed by atoms with Gasteiger partial charge in [-0.15, -0.1) is 0 Å². The predicted octanol–water partition coefficient (Wildman–Crippen LogP) is 2.77. The third-order valence-corrected chi connectivity index (χ3v) is 4.14. The molecule has 1 aliphatic rings. The number of ketones is 1. The summed E-state index contributed by atoms with van der Waals surface area (Å²) >= 11 is 3.37. The molecule has 1 atom stereocenters. The molecule has 0 N–H and O–H groups in total. The molecule has 0 amide bonds.